The molecule has 1 N–H and O–H groups in total. The number of hydrogen-bond acceptors (Lipinski definition) is 7. The molecule has 4 aromatic rings. The molecule has 0 saturated heterocycles. The molecule has 1 aliphatic heterocycles. The fourth-order valence-electron chi connectivity index (χ4n) is 5.80. The first kappa shape index (κ1) is 34.1. The minimum absolute atomic E-state index is 0.0360. The van der Waals surface area contributed by atoms with Crippen LogP contribution < -0.4 is 9.47 Å². The minimum atomic E-state index is -2.33. The number of fused-ring (bicyclic) bond motifs is 1. The fourth-order valence-corrected chi connectivity index (χ4v) is 6.59. The molecule has 5 rings (SSSR count). The lowest BCUT2D eigenvalue weighted by molar-refractivity contribution is -0.131. The Morgan fingerprint density at radius 2 is 1.72 bits per heavy atom. The van der Waals surface area contributed by atoms with Crippen LogP contribution in [0.5, 0.6) is 11.5 Å². The van der Waals surface area contributed by atoms with Gasteiger partial charge in [0.2, 0.25) is 0 Å². The van der Waals surface area contributed by atoms with Crippen molar-refractivity contribution in [2.45, 2.75) is 84.7 Å². The van der Waals surface area contributed by atoms with Crippen molar-refractivity contribution in [3.8, 4) is 33.9 Å². The Bertz CT molecular complexity index is 1730. The summed E-state index contributed by atoms with van der Waals surface area (Å²) >= 11 is 0. The Morgan fingerprint density at radius 3 is 2.36 bits per heavy atom. The van der Waals surface area contributed by atoms with Crippen molar-refractivity contribution in [3.05, 3.63) is 83.8 Å². The Kier molecular flexibility index (Phi) is 10.0. The summed E-state index contributed by atoms with van der Waals surface area (Å²) in [4.78, 5) is 42.6. The first-order valence-electron chi connectivity index (χ1n) is 16.3. The summed E-state index contributed by atoms with van der Waals surface area (Å²) < 4.78 is 13.4. The van der Waals surface area contributed by atoms with Gasteiger partial charge in [-0.3, -0.25) is 19.3 Å². The van der Waals surface area contributed by atoms with Gasteiger partial charge in [-0.2, -0.15) is 5.10 Å². The zero-order chi connectivity index (χ0) is 33.9. The van der Waals surface area contributed by atoms with E-state index in [0.29, 0.717) is 43.4 Å². The number of carbonyl (C=O) groups excluding carboxylic acids is 2. The molecule has 248 valence electrons. The van der Waals surface area contributed by atoms with Gasteiger partial charge in [0.1, 0.15) is 29.5 Å². The van der Waals surface area contributed by atoms with Crippen LogP contribution in [0.15, 0.2) is 67.0 Å². The van der Waals surface area contributed by atoms with Crippen molar-refractivity contribution >= 4 is 20.2 Å². The molecular formula is C37H46N4O5Si. The van der Waals surface area contributed by atoms with E-state index in [1.807, 2.05) is 77.3 Å². The molecule has 9 nitrogen and oxygen atoms in total. The molecule has 47 heavy (non-hydrogen) atoms. The molecule has 0 fully saturated rings. The van der Waals surface area contributed by atoms with Crippen LogP contribution in [-0.2, 0) is 17.9 Å². The number of nitrogens with zero attached hydrogens (tertiary/aromatic N) is 4. The first-order valence-corrected chi connectivity index (χ1v) is 19.3. The van der Waals surface area contributed by atoms with E-state index < -0.39 is 8.32 Å². The number of pyridine rings is 1. The predicted octanol–water partition coefficient (Wildman–Crippen LogP) is 7.45. The van der Waals surface area contributed by atoms with Crippen molar-refractivity contribution in [3.63, 3.8) is 0 Å². The maximum Gasteiger partial charge on any atom is 0.308 e. The first-order chi connectivity index (χ1) is 22.2. The summed E-state index contributed by atoms with van der Waals surface area (Å²) in [5.74, 6) is 1.05. The molecule has 0 aliphatic carbocycles. The maximum absolute atomic E-state index is 14.1. The zero-order valence-electron chi connectivity index (χ0n) is 28.5. The SMILES string of the molecule is CC(=O)Oc1cc(COc2ccc(-c3c(-c4ccncc4)nn4c3C(=O)N(CCCC(C)(C)[Si](C)(C)O)CC4)cc2)ccc1C(C)C. The van der Waals surface area contributed by atoms with E-state index >= 15 is 0 Å². The minimum Gasteiger partial charge on any atom is -0.489 e. The summed E-state index contributed by atoms with van der Waals surface area (Å²) in [6.07, 6.45) is 5.15. The summed E-state index contributed by atoms with van der Waals surface area (Å²) in [7, 11) is -2.33. The summed E-state index contributed by atoms with van der Waals surface area (Å²) in [6.45, 7) is 15.9. The second-order valence-electron chi connectivity index (χ2n) is 13.8. The van der Waals surface area contributed by atoms with Crippen LogP contribution in [0.4, 0.5) is 0 Å². The summed E-state index contributed by atoms with van der Waals surface area (Å²) in [5, 5.41) is 4.79. The Hall–Kier alpha value is -4.28. The zero-order valence-corrected chi connectivity index (χ0v) is 29.5. The van der Waals surface area contributed by atoms with Gasteiger partial charge in [-0.05, 0) is 83.9 Å². The molecule has 1 aliphatic rings. The van der Waals surface area contributed by atoms with Crippen molar-refractivity contribution in [2.24, 2.45) is 0 Å². The van der Waals surface area contributed by atoms with Crippen LogP contribution in [0.3, 0.4) is 0 Å². The molecule has 2 aromatic carbocycles. The molecule has 0 saturated carbocycles. The van der Waals surface area contributed by atoms with Crippen molar-refractivity contribution in [2.75, 3.05) is 13.1 Å². The number of amides is 1. The summed E-state index contributed by atoms with van der Waals surface area (Å²) in [5.41, 5.74) is 5.72. The number of esters is 1. The van der Waals surface area contributed by atoms with Gasteiger partial charge in [0, 0.05) is 43.5 Å². The smallest absolute Gasteiger partial charge is 0.308 e. The molecule has 0 radical (unpaired) electrons. The lowest BCUT2D eigenvalue weighted by Gasteiger charge is -2.36. The Balaban J connectivity index is 1.38. The summed E-state index contributed by atoms with van der Waals surface area (Å²) in [6, 6.07) is 17.4. The highest BCUT2D eigenvalue weighted by Crippen LogP contribution is 2.41. The average Bonchev–Trinajstić information content (AvgIpc) is 3.41. The van der Waals surface area contributed by atoms with Gasteiger partial charge < -0.3 is 19.2 Å². The highest BCUT2D eigenvalue weighted by Gasteiger charge is 2.38. The second kappa shape index (κ2) is 13.8. The number of rotatable bonds is 12. The van der Waals surface area contributed by atoms with Gasteiger partial charge in [0.05, 0.1) is 6.54 Å². The Morgan fingerprint density at radius 1 is 1.02 bits per heavy atom. The maximum atomic E-state index is 14.1. The molecule has 1 amide bonds. The third-order valence-corrected chi connectivity index (χ3v) is 12.9. The highest BCUT2D eigenvalue weighted by atomic mass is 28.4. The lowest BCUT2D eigenvalue weighted by atomic mass is 9.98. The third kappa shape index (κ3) is 7.65. The molecule has 10 heteroatoms. The van der Waals surface area contributed by atoms with Crippen molar-refractivity contribution in [1.82, 2.24) is 19.7 Å². The third-order valence-electron chi connectivity index (χ3n) is 9.37. The van der Waals surface area contributed by atoms with Crippen LogP contribution >= 0.6 is 0 Å². The molecule has 0 atom stereocenters. The number of ether oxygens (including phenoxy) is 2. The van der Waals surface area contributed by atoms with Crippen molar-refractivity contribution in [1.29, 1.82) is 0 Å². The number of benzene rings is 2. The van der Waals surface area contributed by atoms with E-state index in [0.717, 1.165) is 46.4 Å². The van der Waals surface area contributed by atoms with Crippen LogP contribution in [-0.4, -0.2) is 57.7 Å². The number of hydrogen-bond donors (Lipinski definition) is 1. The van der Waals surface area contributed by atoms with Crippen LogP contribution in [0.2, 0.25) is 18.1 Å². The Labute approximate surface area is 278 Å². The topological polar surface area (TPSA) is 107 Å². The van der Waals surface area contributed by atoms with E-state index in [9.17, 15) is 14.4 Å². The highest BCUT2D eigenvalue weighted by molar-refractivity contribution is 6.72. The number of aromatic nitrogens is 3. The van der Waals surface area contributed by atoms with E-state index in [-0.39, 0.29) is 22.8 Å². The van der Waals surface area contributed by atoms with E-state index in [2.05, 4.69) is 32.7 Å². The standard InChI is InChI=1S/C37H46N4O5Si/c1-25(2)31-14-9-27(23-32(31)46-26(3)42)24-45-30-12-10-28(11-13-30)33-34(29-15-18-38-19-16-29)39-41-22-21-40(36(43)35(33)41)20-8-17-37(4,5)47(6,7)44/h9-16,18-19,23,25,44H,8,17,20-22,24H2,1-7H3. The van der Waals surface area contributed by atoms with Crippen molar-refractivity contribution < 1.29 is 23.9 Å². The van der Waals surface area contributed by atoms with Crippen LogP contribution in [0, 0.1) is 0 Å². The predicted molar refractivity (Wildman–Crippen MR) is 186 cm³/mol. The van der Waals surface area contributed by atoms with E-state index in [1.165, 1.54) is 6.92 Å². The number of carbonyl (C=O) groups is 2. The second-order valence-corrected chi connectivity index (χ2v) is 18.3. The van der Waals surface area contributed by atoms with E-state index in [1.54, 1.807) is 12.4 Å². The van der Waals surface area contributed by atoms with Gasteiger partial charge in [0.15, 0.2) is 8.32 Å². The molecule has 0 spiro atoms. The van der Waals surface area contributed by atoms with E-state index in [4.69, 9.17) is 14.6 Å². The van der Waals surface area contributed by atoms with Gasteiger partial charge >= 0.3 is 5.97 Å². The fraction of sp³-hybridized carbons (Fsp3) is 0.405. The van der Waals surface area contributed by atoms with Gasteiger partial charge in [-0.25, -0.2) is 0 Å². The van der Waals surface area contributed by atoms with Gasteiger partial charge in [-0.1, -0.05) is 52.0 Å². The van der Waals surface area contributed by atoms with Gasteiger partial charge in [-0.15, -0.1) is 0 Å². The molecule has 2 aromatic heterocycles. The van der Waals surface area contributed by atoms with Crippen LogP contribution in [0.25, 0.3) is 22.4 Å². The molecule has 0 bridgehead atoms. The monoisotopic (exact) mass is 654 g/mol. The largest absolute Gasteiger partial charge is 0.489 e. The van der Waals surface area contributed by atoms with Gasteiger partial charge in [0.25, 0.3) is 5.91 Å². The normalized spacial score (nSPS) is 13.6. The lowest BCUT2D eigenvalue weighted by Crippen LogP contribution is -2.42. The molecule has 0 unspecified atom stereocenters. The molecular weight excluding hydrogens is 609 g/mol. The quantitative estimate of drug-likeness (QED) is 0.0961. The average molecular weight is 655 g/mol. The molecule has 3 heterocycles. The van der Waals surface area contributed by atoms with Crippen LogP contribution in [0.1, 0.15) is 75.0 Å².